The smallest absolute Gasteiger partial charge is 0.359 e. The normalized spacial score (nSPS) is 10.2. The third-order valence-corrected chi connectivity index (χ3v) is 3.19. The van der Waals surface area contributed by atoms with Crippen LogP contribution in [0, 0.1) is 13.8 Å². The predicted molar refractivity (Wildman–Crippen MR) is 84.8 cm³/mol. The molecular weight excluding hydrogens is 298 g/mol. The van der Waals surface area contributed by atoms with Gasteiger partial charge in [-0.05, 0) is 39.0 Å². The number of nitrogens with one attached hydrogen (secondary N) is 1. The average Bonchev–Trinajstić information content (AvgIpc) is 2.50. The summed E-state index contributed by atoms with van der Waals surface area (Å²) in [7, 11) is 0. The first-order chi connectivity index (χ1) is 10.9. The lowest BCUT2D eigenvalue weighted by molar-refractivity contribution is 0.0521. The van der Waals surface area contributed by atoms with Crippen molar-refractivity contribution in [3.63, 3.8) is 0 Å². The molecule has 0 aliphatic carbocycles. The van der Waals surface area contributed by atoms with E-state index in [0.29, 0.717) is 5.56 Å². The van der Waals surface area contributed by atoms with Gasteiger partial charge in [0, 0.05) is 5.56 Å². The molecule has 6 nitrogen and oxygen atoms in total. The van der Waals surface area contributed by atoms with Crippen LogP contribution in [-0.2, 0) is 4.74 Å². The van der Waals surface area contributed by atoms with Gasteiger partial charge in [-0.3, -0.25) is 4.79 Å². The molecule has 120 valence electrons. The largest absolute Gasteiger partial charge is 0.462 e. The van der Waals surface area contributed by atoms with Gasteiger partial charge in [-0.1, -0.05) is 17.7 Å². The Morgan fingerprint density at radius 3 is 2.43 bits per heavy atom. The lowest BCUT2D eigenvalue weighted by Crippen LogP contribution is -2.20. The van der Waals surface area contributed by atoms with Gasteiger partial charge in [0.05, 0.1) is 6.61 Å². The van der Waals surface area contributed by atoms with Gasteiger partial charge in [-0.15, -0.1) is 0 Å². The molecule has 6 heteroatoms. The van der Waals surface area contributed by atoms with E-state index in [1.54, 1.807) is 31.2 Å². The summed E-state index contributed by atoms with van der Waals surface area (Å²) in [6.45, 7) is 5.26. The summed E-state index contributed by atoms with van der Waals surface area (Å²) in [6.07, 6.45) is 0. The highest BCUT2D eigenvalue weighted by Gasteiger charge is 2.17. The summed E-state index contributed by atoms with van der Waals surface area (Å²) >= 11 is 0. The summed E-state index contributed by atoms with van der Waals surface area (Å²) in [6, 6.07) is 8.14. The van der Waals surface area contributed by atoms with Crippen molar-refractivity contribution in [1.82, 2.24) is 0 Å². The fourth-order valence-corrected chi connectivity index (χ4v) is 1.95. The summed E-state index contributed by atoms with van der Waals surface area (Å²) in [5.41, 5.74) is 0.681. The predicted octanol–water partition coefficient (Wildman–Crippen LogP) is 2.69. The molecule has 2 aromatic rings. The Labute approximate surface area is 133 Å². The quantitative estimate of drug-likeness (QED) is 0.877. The van der Waals surface area contributed by atoms with Gasteiger partial charge in [-0.2, -0.15) is 0 Å². The molecule has 0 atom stereocenters. The first-order valence-corrected chi connectivity index (χ1v) is 7.12. The molecule has 0 saturated carbocycles. The van der Waals surface area contributed by atoms with Crippen molar-refractivity contribution in [2.75, 3.05) is 11.9 Å². The van der Waals surface area contributed by atoms with E-state index in [1.165, 1.54) is 13.0 Å². The molecule has 0 unspecified atom stereocenters. The van der Waals surface area contributed by atoms with Gasteiger partial charge < -0.3 is 14.5 Å². The van der Waals surface area contributed by atoms with Crippen molar-refractivity contribution >= 4 is 17.6 Å². The molecule has 0 aliphatic rings. The van der Waals surface area contributed by atoms with E-state index in [9.17, 15) is 14.4 Å². The Morgan fingerprint density at radius 2 is 1.83 bits per heavy atom. The van der Waals surface area contributed by atoms with Crippen molar-refractivity contribution in [2.45, 2.75) is 20.8 Å². The molecule has 0 spiro atoms. The summed E-state index contributed by atoms with van der Waals surface area (Å²) < 4.78 is 9.88. The Bertz CT molecular complexity index is 790. The zero-order valence-electron chi connectivity index (χ0n) is 13.1. The maximum atomic E-state index is 12.2. The fraction of sp³-hybridized carbons (Fsp3) is 0.235. The zero-order chi connectivity index (χ0) is 17.0. The highest BCUT2D eigenvalue weighted by molar-refractivity contribution is 6.04. The van der Waals surface area contributed by atoms with E-state index in [1.807, 2.05) is 6.92 Å². The van der Waals surface area contributed by atoms with Gasteiger partial charge in [-0.25, -0.2) is 9.59 Å². The molecule has 0 saturated heterocycles. The number of benzene rings is 1. The van der Waals surface area contributed by atoms with Crippen molar-refractivity contribution in [3.8, 4) is 0 Å². The first kappa shape index (κ1) is 16.5. The minimum absolute atomic E-state index is 0.102. The molecule has 1 heterocycles. The van der Waals surface area contributed by atoms with Crippen molar-refractivity contribution in [2.24, 2.45) is 0 Å². The maximum absolute atomic E-state index is 12.2. The number of hydrogen-bond acceptors (Lipinski definition) is 5. The second-order valence-electron chi connectivity index (χ2n) is 4.96. The van der Waals surface area contributed by atoms with Gasteiger partial charge in [0.1, 0.15) is 17.0 Å². The highest BCUT2D eigenvalue weighted by Crippen LogP contribution is 2.14. The Hall–Kier alpha value is -2.89. The van der Waals surface area contributed by atoms with Crippen LogP contribution < -0.4 is 10.9 Å². The van der Waals surface area contributed by atoms with E-state index < -0.39 is 17.5 Å². The number of ether oxygens (including phenoxy) is 1. The van der Waals surface area contributed by atoms with Crippen LogP contribution in [0.5, 0.6) is 0 Å². The molecular formula is C17H17NO5. The summed E-state index contributed by atoms with van der Waals surface area (Å²) in [5, 5.41) is 2.46. The number of carbonyl (C=O) groups excluding carboxylic acids is 2. The van der Waals surface area contributed by atoms with Gasteiger partial charge in [0.15, 0.2) is 0 Å². The SMILES string of the molecule is CCOC(=O)c1cc(NC(=O)c2ccc(C)cc2)c(=O)oc1C. The van der Waals surface area contributed by atoms with Gasteiger partial charge in [0.2, 0.25) is 0 Å². The van der Waals surface area contributed by atoms with E-state index in [0.717, 1.165) is 5.56 Å². The van der Waals surface area contributed by atoms with Crippen molar-refractivity contribution in [3.05, 3.63) is 63.2 Å². The van der Waals surface area contributed by atoms with Crippen LogP contribution >= 0.6 is 0 Å². The Kier molecular flexibility index (Phi) is 4.95. The summed E-state index contributed by atoms with van der Waals surface area (Å²) in [4.78, 5) is 35.8. The minimum Gasteiger partial charge on any atom is -0.462 e. The average molecular weight is 315 g/mol. The number of carbonyl (C=O) groups is 2. The zero-order valence-corrected chi connectivity index (χ0v) is 13.1. The molecule has 1 N–H and O–H groups in total. The molecule has 1 aromatic carbocycles. The minimum atomic E-state index is -0.726. The van der Waals surface area contributed by atoms with Crippen LogP contribution in [-0.4, -0.2) is 18.5 Å². The van der Waals surface area contributed by atoms with Crippen molar-refractivity contribution in [1.29, 1.82) is 0 Å². The number of rotatable bonds is 4. The van der Waals surface area contributed by atoms with E-state index in [4.69, 9.17) is 9.15 Å². The number of esters is 1. The third kappa shape index (κ3) is 3.85. The molecule has 0 radical (unpaired) electrons. The number of aryl methyl sites for hydroxylation is 2. The van der Waals surface area contributed by atoms with Crippen LogP contribution in [0.25, 0.3) is 0 Å². The molecule has 0 aliphatic heterocycles. The third-order valence-electron chi connectivity index (χ3n) is 3.19. The first-order valence-electron chi connectivity index (χ1n) is 7.12. The van der Waals surface area contributed by atoms with Crippen LogP contribution in [0.2, 0.25) is 0 Å². The second kappa shape index (κ2) is 6.91. The summed E-state index contributed by atoms with van der Waals surface area (Å²) in [5.74, 6) is -0.933. The fourth-order valence-electron chi connectivity index (χ4n) is 1.95. The van der Waals surface area contributed by atoms with E-state index >= 15 is 0 Å². The second-order valence-corrected chi connectivity index (χ2v) is 4.96. The van der Waals surface area contributed by atoms with Crippen LogP contribution in [0.3, 0.4) is 0 Å². The molecule has 0 fully saturated rings. The van der Waals surface area contributed by atoms with Gasteiger partial charge >= 0.3 is 11.6 Å². The van der Waals surface area contributed by atoms with E-state index in [2.05, 4.69) is 5.32 Å². The molecule has 1 aromatic heterocycles. The molecule has 1 amide bonds. The standard InChI is InChI=1S/C17H17NO5/c1-4-22-16(20)13-9-14(17(21)23-11(13)3)18-15(19)12-7-5-10(2)6-8-12/h5-9H,4H2,1-3H3,(H,18,19). The molecule has 0 bridgehead atoms. The number of hydrogen-bond donors (Lipinski definition) is 1. The van der Waals surface area contributed by atoms with Crippen LogP contribution in [0.4, 0.5) is 5.69 Å². The molecule has 23 heavy (non-hydrogen) atoms. The number of amides is 1. The maximum Gasteiger partial charge on any atom is 0.359 e. The Morgan fingerprint density at radius 1 is 1.17 bits per heavy atom. The topological polar surface area (TPSA) is 85.6 Å². The lowest BCUT2D eigenvalue weighted by Gasteiger charge is -2.08. The highest BCUT2D eigenvalue weighted by atomic mass is 16.5. The molecule has 2 rings (SSSR count). The van der Waals surface area contributed by atoms with E-state index in [-0.39, 0.29) is 23.6 Å². The van der Waals surface area contributed by atoms with Gasteiger partial charge in [0.25, 0.3) is 5.91 Å². The Balaban J connectivity index is 2.30. The monoisotopic (exact) mass is 315 g/mol. The van der Waals surface area contributed by atoms with Crippen LogP contribution in [0.1, 0.15) is 39.0 Å². The van der Waals surface area contributed by atoms with Crippen molar-refractivity contribution < 1.29 is 18.7 Å². The van der Waals surface area contributed by atoms with Crippen LogP contribution in [0.15, 0.2) is 39.5 Å². The lowest BCUT2D eigenvalue weighted by atomic mass is 10.1. The number of anilines is 1.